The molecule has 29 heavy (non-hydrogen) atoms. The van der Waals surface area contributed by atoms with Crippen molar-refractivity contribution in [3.05, 3.63) is 89.4 Å². The zero-order valence-electron chi connectivity index (χ0n) is 16.6. The Morgan fingerprint density at radius 3 is 2.38 bits per heavy atom. The van der Waals surface area contributed by atoms with Crippen LogP contribution in [0.25, 0.3) is 38.8 Å². The molecule has 0 saturated carbocycles. The van der Waals surface area contributed by atoms with Gasteiger partial charge in [0, 0.05) is 22.5 Å². The summed E-state index contributed by atoms with van der Waals surface area (Å²) in [7, 11) is 0. The summed E-state index contributed by atoms with van der Waals surface area (Å²) in [4.78, 5) is 4.42. The van der Waals surface area contributed by atoms with Gasteiger partial charge in [0.15, 0.2) is 0 Å². The van der Waals surface area contributed by atoms with Gasteiger partial charge in [-0.15, -0.1) is 0 Å². The Kier molecular flexibility index (Phi) is 3.95. The Morgan fingerprint density at radius 2 is 1.62 bits per heavy atom. The summed E-state index contributed by atoms with van der Waals surface area (Å²) in [5, 5.41) is 6.63. The average molecular weight is 381 g/mol. The Labute approximate surface area is 168 Å². The molecule has 0 saturated heterocycles. The number of halogens is 1. The second-order valence-electron chi connectivity index (χ2n) is 7.55. The molecule has 0 N–H and O–H groups in total. The third-order valence-electron chi connectivity index (χ3n) is 5.55. The predicted molar refractivity (Wildman–Crippen MR) is 116 cm³/mol. The van der Waals surface area contributed by atoms with Crippen LogP contribution in [0.1, 0.15) is 16.7 Å². The first-order valence-electron chi connectivity index (χ1n) is 9.63. The van der Waals surface area contributed by atoms with Gasteiger partial charge < -0.3 is 0 Å². The monoisotopic (exact) mass is 381 g/mol. The van der Waals surface area contributed by atoms with Crippen molar-refractivity contribution in [2.75, 3.05) is 0 Å². The first-order valence-corrected chi connectivity index (χ1v) is 9.63. The van der Waals surface area contributed by atoms with Crippen molar-refractivity contribution in [2.24, 2.45) is 0 Å². The number of benzene rings is 3. The maximum atomic E-state index is 14.4. The first kappa shape index (κ1) is 17.6. The van der Waals surface area contributed by atoms with Gasteiger partial charge in [-0.2, -0.15) is 5.10 Å². The van der Waals surface area contributed by atoms with Gasteiger partial charge in [-0.3, -0.25) is 4.98 Å². The van der Waals surface area contributed by atoms with Crippen LogP contribution < -0.4 is 0 Å². The highest BCUT2D eigenvalue weighted by Crippen LogP contribution is 2.34. The van der Waals surface area contributed by atoms with Crippen molar-refractivity contribution in [3.8, 4) is 16.9 Å². The molecule has 3 aromatic carbocycles. The van der Waals surface area contributed by atoms with Crippen LogP contribution in [0.4, 0.5) is 4.39 Å². The SMILES string of the molecule is Cc1ccc(-c2nn(-c3ccc(C)c(C)c3)c3c2cnc2c(F)cccc23)cc1. The minimum absolute atomic E-state index is 0.325. The summed E-state index contributed by atoms with van der Waals surface area (Å²) >= 11 is 0. The lowest BCUT2D eigenvalue weighted by Gasteiger charge is -2.08. The highest BCUT2D eigenvalue weighted by Gasteiger charge is 2.18. The molecule has 0 bridgehead atoms. The summed E-state index contributed by atoms with van der Waals surface area (Å²) in [5.41, 5.74) is 7.64. The fourth-order valence-corrected chi connectivity index (χ4v) is 3.75. The van der Waals surface area contributed by atoms with Crippen molar-refractivity contribution < 1.29 is 4.39 Å². The van der Waals surface area contributed by atoms with Crippen LogP contribution >= 0.6 is 0 Å². The number of nitrogens with zero attached hydrogens (tertiary/aromatic N) is 3. The summed E-state index contributed by atoms with van der Waals surface area (Å²) in [5.74, 6) is -0.325. The van der Waals surface area contributed by atoms with E-state index >= 15 is 0 Å². The van der Waals surface area contributed by atoms with E-state index in [0.717, 1.165) is 33.2 Å². The van der Waals surface area contributed by atoms with Gasteiger partial charge in [-0.25, -0.2) is 9.07 Å². The molecule has 5 rings (SSSR count). The smallest absolute Gasteiger partial charge is 0.149 e. The number of aryl methyl sites for hydroxylation is 3. The van der Waals surface area contributed by atoms with E-state index in [2.05, 4.69) is 68.2 Å². The van der Waals surface area contributed by atoms with Crippen LogP contribution in [0, 0.1) is 26.6 Å². The average Bonchev–Trinajstić information content (AvgIpc) is 3.11. The van der Waals surface area contributed by atoms with E-state index in [1.54, 1.807) is 12.3 Å². The molecule has 5 aromatic rings. The summed E-state index contributed by atoms with van der Waals surface area (Å²) in [6.45, 7) is 6.24. The third-order valence-corrected chi connectivity index (χ3v) is 5.55. The molecular weight excluding hydrogens is 361 g/mol. The van der Waals surface area contributed by atoms with E-state index in [9.17, 15) is 4.39 Å². The standard InChI is InChI=1S/C25H20FN3/c1-15-7-10-18(11-8-15)23-21-14-27-24-20(5-4-6-22(24)26)25(21)29(28-23)19-12-9-16(2)17(3)13-19/h4-14H,1-3H3. The number of hydrogen-bond donors (Lipinski definition) is 0. The van der Waals surface area contributed by atoms with Crippen LogP contribution in [0.5, 0.6) is 0 Å². The number of aromatic nitrogens is 3. The fourth-order valence-electron chi connectivity index (χ4n) is 3.75. The second kappa shape index (κ2) is 6.52. The van der Waals surface area contributed by atoms with E-state index in [4.69, 9.17) is 5.10 Å². The fraction of sp³-hybridized carbons (Fsp3) is 0.120. The van der Waals surface area contributed by atoms with E-state index in [1.807, 2.05) is 10.7 Å². The Balaban J connectivity index is 1.90. The van der Waals surface area contributed by atoms with Gasteiger partial charge in [0.05, 0.1) is 11.2 Å². The molecule has 3 nitrogen and oxygen atoms in total. The molecule has 0 radical (unpaired) electrons. The summed E-state index contributed by atoms with van der Waals surface area (Å²) < 4.78 is 16.4. The van der Waals surface area contributed by atoms with E-state index < -0.39 is 0 Å². The Bertz CT molecular complexity index is 1380. The lowest BCUT2D eigenvalue weighted by Crippen LogP contribution is -1.99. The van der Waals surface area contributed by atoms with Crippen molar-refractivity contribution >= 4 is 21.8 Å². The normalized spacial score (nSPS) is 11.4. The molecule has 0 unspecified atom stereocenters. The van der Waals surface area contributed by atoms with Crippen LogP contribution in [0.3, 0.4) is 0 Å². The van der Waals surface area contributed by atoms with Crippen molar-refractivity contribution in [2.45, 2.75) is 20.8 Å². The number of para-hydroxylation sites is 1. The molecule has 0 atom stereocenters. The summed E-state index contributed by atoms with van der Waals surface area (Å²) in [6, 6.07) is 19.6. The van der Waals surface area contributed by atoms with Gasteiger partial charge in [-0.05, 0) is 50.1 Å². The molecule has 0 fully saturated rings. The molecule has 0 aliphatic rings. The minimum atomic E-state index is -0.325. The lowest BCUT2D eigenvalue weighted by atomic mass is 10.1. The predicted octanol–water partition coefficient (Wildman–Crippen LogP) is 6.31. The molecule has 4 heteroatoms. The Hall–Kier alpha value is -3.53. The van der Waals surface area contributed by atoms with Gasteiger partial charge in [0.25, 0.3) is 0 Å². The number of pyridine rings is 1. The topological polar surface area (TPSA) is 30.7 Å². The second-order valence-corrected chi connectivity index (χ2v) is 7.55. The number of fused-ring (bicyclic) bond motifs is 3. The molecular formula is C25H20FN3. The van der Waals surface area contributed by atoms with Gasteiger partial charge in [0.2, 0.25) is 0 Å². The molecule has 142 valence electrons. The molecule has 0 amide bonds. The van der Waals surface area contributed by atoms with Crippen molar-refractivity contribution in [3.63, 3.8) is 0 Å². The Morgan fingerprint density at radius 1 is 0.828 bits per heavy atom. The van der Waals surface area contributed by atoms with E-state index in [-0.39, 0.29) is 5.82 Å². The largest absolute Gasteiger partial charge is 0.252 e. The number of rotatable bonds is 2. The third kappa shape index (κ3) is 2.80. The molecule has 2 heterocycles. The van der Waals surface area contributed by atoms with Crippen molar-refractivity contribution in [1.29, 1.82) is 0 Å². The molecule has 2 aromatic heterocycles. The van der Waals surface area contributed by atoms with Crippen molar-refractivity contribution in [1.82, 2.24) is 14.8 Å². The zero-order chi connectivity index (χ0) is 20.1. The molecule has 0 spiro atoms. The zero-order valence-corrected chi connectivity index (χ0v) is 16.6. The molecule has 0 aliphatic heterocycles. The minimum Gasteiger partial charge on any atom is -0.252 e. The van der Waals surface area contributed by atoms with E-state index in [0.29, 0.717) is 5.52 Å². The van der Waals surface area contributed by atoms with Gasteiger partial charge in [0.1, 0.15) is 17.0 Å². The van der Waals surface area contributed by atoms with Crippen LogP contribution in [-0.4, -0.2) is 14.8 Å². The highest BCUT2D eigenvalue weighted by atomic mass is 19.1. The number of hydrogen-bond acceptors (Lipinski definition) is 2. The lowest BCUT2D eigenvalue weighted by molar-refractivity contribution is 0.637. The quantitative estimate of drug-likeness (QED) is 0.359. The maximum absolute atomic E-state index is 14.4. The van der Waals surface area contributed by atoms with Gasteiger partial charge >= 0.3 is 0 Å². The van der Waals surface area contributed by atoms with Gasteiger partial charge in [-0.1, -0.05) is 48.0 Å². The molecule has 0 aliphatic carbocycles. The highest BCUT2D eigenvalue weighted by molar-refractivity contribution is 6.08. The maximum Gasteiger partial charge on any atom is 0.149 e. The van der Waals surface area contributed by atoms with E-state index in [1.165, 1.54) is 22.8 Å². The first-order chi connectivity index (χ1) is 14.0. The van der Waals surface area contributed by atoms with Crippen LogP contribution in [0.2, 0.25) is 0 Å². The summed E-state index contributed by atoms with van der Waals surface area (Å²) in [6.07, 6.45) is 1.74. The van der Waals surface area contributed by atoms with Crippen LogP contribution in [-0.2, 0) is 0 Å². The van der Waals surface area contributed by atoms with Crippen LogP contribution in [0.15, 0.2) is 66.9 Å².